The molecule has 0 aliphatic carbocycles. The second-order valence-electron chi connectivity index (χ2n) is 5.00. The van der Waals surface area contributed by atoms with Crippen molar-refractivity contribution in [1.82, 2.24) is 0 Å². The Balaban J connectivity index is 0.00000161. The van der Waals surface area contributed by atoms with E-state index >= 15 is 0 Å². The van der Waals surface area contributed by atoms with Crippen molar-refractivity contribution in [2.75, 3.05) is 0 Å². The first-order chi connectivity index (χ1) is 9.70. The molecule has 0 atom stereocenters. The summed E-state index contributed by atoms with van der Waals surface area (Å²) in [6.45, 7) is 2.03. The number of carboxylic acid groups (broad SMARTS) is 1. The summed E-state index contributed by atoms with van der Waals surface area (Å²) in [7, 11) is 0. The van der Waals surface area contributed by atoms with Crippen LogP contribution in [-0.2, 0) is 12.8 Å². The van der Waals surface area contributed by atoms with E-state index in [0.29, 0.717) is 17.7 Å². The van der Waals surface area contributed by atoms with Gasteiger partial charge in [0.15, 0.2) is 0 Å². The van der Waals surface area contributed by atoms with E-state index in [4.69, 9.17) is 4.74 Å². The summed E-state index contributed by atoms with van der Waals surface area (Å²) in [5.41, 5.74) is 2.87. The van der Waals surface area contributed by atoms with E-state index in [1.165, 1.54) is 0 Å². The van der Waals surface area contributed by atoms with Crippen LogP contribution in [0.4, 0.5) is 0 Å². The minimum atomic E-state index is -1.12. The molecule has 0 spiro atoms. The average molecular weight is 290 g/mol. The molecule has 1 heterocycles. The van der Waals surface area contributed by atoms with Gasteiger partial charge in [-0.2, -0.15) is 0 Å². The summed E-state index contributed by atoms with van der Waals surface area (Å²) in [6, 6.07) is 11.4. The number of rotatable bonds is 3. The fourth-order valence-corrected chi connectivity index (χ4v) is 2.74. The van der Waals surface area contributed by atoms with E-state index in [1.807, 2.05) is 43.3 Å². The number of ether oxygens (including phenoxy) is 1. The van der Waals surface area contributed by atoms with Crippen molar-refractivity contribution in [1.29, 1.82) is 0 Å². The molecule has 0 aromatic heterocycles. The molecule has 0 amide bonds. The Morgan fingerprint density at radius 1 is 1.19 bits per heavy atom. The number of carboxylic acids is 1. The van der Waals surface area contributed by atoms with Crippen molar-refractivity contribution in [3.8, 4) is 11.5 Å². The minimum absolute atomic E-state index is 0. The molecule has 2 aromatic carbocycles. The third kappa shape index (κ3) is 3.00. The predicted molar refractivity (Wildman–Crippen MR) is 74.1 cm³/mol. The van der Waals surface area contributed by atoms with Gasteiger partial charge in [-0.3, -0.25) is 0 Å². The molecule has 0 radical (unpaired) electrons. The summed E-state index contributed by atoms with van der Waals surface area (Å²) in [5.74, 6) is 0.309. The van der Waals surface area contributed by atoms with Crippen LogP contribution in [0.1, 0.15) is 40.4 Å². The summed E-state index contributed by atoms with van der Waals surface area (Å²) >= 11 is 0. The molecule has 0 unspecified atom stereocenters. The molecule has 0 N–H and O–H groups in total. The van der Waals surface area contributed by atoms with Crippen LogP contribution in [0.2, 0.25) is 0 Å². The fraction of sp³-hybridized carbons (Fsp3) is 0.235. The molecule has 1 aliphatic rings. The van der Waals surface area contributed by atoms with Gasteiger partial charge in [0, 0.05) is 17.5 Å². The zero-order chi connectivity index (χ0) is 14.1. The van der Waals surface area contributed by atoms with Gasteiger partial charge in [-0.25, -0.2) is 0 Å². The number of aryl methyl sites for hydroxylation is 1. The number of benzene rings is 2. The summed E-state index contributed by atoms with van der Waals surface area (Å²) in [5, 5.41) is 11.5. The van der Waals surface area contributed by atoms with Crippen molar-refractivity contribution >= 4 is 5.97 Å². The monoisotopic (exact) mass is 290 g/mol. The van der Waals surface area contributed by atoms with Crippen LogP contribution >= 0.6 is 0 Å². The second kappa shape index (κ2) is 6.65. The van der Waals surface area contributed by atoms with Gasteiger partial charge in [0.25, 0.3) is 0 Å². The first kappa shape index (κ1) is 16.1. The predicted octanol–water partition coefficient (Wildman–Crippen LogP) is -0.297. The summed E-state index contributed by atoms with van der Waals surface area (Å²) in [6.07, 6.45) is 2.21. The molecular weight excluding hydrogens is 275 g/mol. The second-order valence-corrected chi connectivity index (χ2v) is 5.00. The zero-order valence-corrected chi connectivity index (χ0v) is 14.3. The van der Waals surface area contributed by atoms with Gasteiger partial charge in [-0.1, -0.05) is 37.6 Å². The van der Waals surface area contributed by atoms with Crippen molar-refractivity contribution in [3.05, 3.63) is 58.7 Å². The van der Waals surface area contributed by atoms with Crippen molar-refractivity contribution in [3.63, 3.8) is 0 Å². The third-order valence-corrected chi connectivity index (χ3v) is 3.64. The van der Waals surface area contributed by atoms with E-state index in [9.17, 15) is 9.90 Å². The molecule has 3 nitrogen and oxygen atoms in total. The van der Waals surface area contributed by atoms with Gasteiger partial charge < -0.3 is 14.6 Å². The molecule has 21 heavy (non-hydrogen) atoms. The largest absolute Gasteiger partial charge is 1.00 e. The van der Waals surface area contributed by atoms with Gasteiger partial charge in [0.05, 0.1) is 5.97 Å². The molecule has 4 heteroatoms. The Hall–Kier alpha value is -1.29. The number of hydrogen-bond donors (Lipinski definition) is 0. The standard InChI is InChI=1S/C17H16O3.Na/c1-2-5-11-8-9-15-13(16(11)17(18)19)10-12-6-3-4-7-14(12)20-15;/h3-4,6-9H,2,5,10H2,1H3,(H,18,19);/q;+1/p-1. The number of carbonyl (C=O) groups is 1. The van der Waals surface area contributed by atoms with Crippen LogP contribution in [0, 0.1) is 0 Å². The van der Waals surface area contributed by atoms with Gasteiger partial charge >= 0.3 is 29.6 Å². The molecule has 0 fully saturated rings. The van der Waals surface area contributed by atoms with Gasteiger partial charge in [-0.15, -0.1) is 0 Å². The molecule has 1 aliphatic heterocycles. The van der Waals surface area contributed by atoms with Crippen molar-refractivity contribution in [2.24, 2.45) is 0 Å². The molecule has 3 rings (SSSR count). The van der Waals surface area contributed by atoms with Crippen LogP contribution in [0.25, 0.3) is 0 Å². The molecule has 0 saturated heterocycles. The minimum Gasteiger partial charge on any atom is -0.545 e. The van der Waals surface area contributed by atoms with Gasteiger partial charge in [0.1, 0.15) is 11.5 Å². The van der Waals surface area contributed by atoms with E-state index in [-0.39, 0.29) is 29.6 Å². The Morgan fingerprint density at radius 2 is 1.95 bits per heavy atom. The SMILES string of the molecule is CCCc1ccc2c(c1C(=O)[O-])Cc1ccccc1O2.[Na+]. The van der Waals surface area contributed by atoms with E-state index in [2.05, 4.69) is 0 Å². The van der Waals surface area contributed by atoms with Crippen LogP contribution in [-0.4, -0.2) is 5.97 Å². The van der Waals surface area contributed by atoms with Crippen molar-refractivity contribution in [2.45, 2.75) is 26.2 Å². The Labute approximate surface area is 146 Å². The molecule has 102 valence electrons. The molecule has 0 saturated carbocycles. The maximum atomic E-state index is 11.5. The fourth-order valence-electron chi connectivity index (χ4n) is 2.74. The Kier molecular flexibility index (Phi) is 5.09. The van der Waals surface area contributed by atoms with Gasteiger partial charge in [-0.05, 0) is 29.7 Å². The van der Waals surface area contributed by atoms with E-state index in [0.717, 1.165) is 35.3 Å². The van der Waals surface area contributed by atoms with Gasteiger partial charge in [0.2, 0.25) is 0 Å². The first-order valence-electron chi connectivity index (χ1n) is 6.82. The Morgan fingerprint density at radius 3 is 2.67 bits per heavy atom. The van der Waals surface area contributed by atoms with Crippen molar-refractivity contribution < 1.29 is 44.2 Å². The first-order valence-corrected chi connectivity index (χ1v) is 6.82. The maximum absolute atomic E-state index is 11.5. The van der Waals surface area contributed by atoms with E-state index in [1.54, 1.807) is 0 Å². The molecular formula is C17H15NaO3. The maximum Gasteiger partial charge on any atom is 1.00 e. The average Bonchev–Trinajstić information content (AvgIpc) is 2.45. The van der Waals surface area contributed by atoms with E-state index < -0.39 is 5.97 Å². The summed E-state index contributed by atoms with van der Waals surface area (Å²) in [4.78, 5) is 11.5. The van der Waals surface area contributed by atoms with Crippen LogP contribution in [0.15, 0.2) is 36.4 Å². The summed E-state index contributed by atoms with van der Waals surface area (Å²) < 4.78 is 5.81. The number of aromatic carboxylic acids is 1. The molecule has 0 bridgehead atoms. The smallest absolute Gasteiger partial charge is 0.545 e. The van der Waals surface area contributed by atoms with Crippen LogP contribution in [0.3, 0.4) is 0 Å². The molecule has 2 aromatic rings. The normalized spacial score (nSPS) is 11.7. The number of carbonyl (C=O) groups excluding carboxylic acids is 1. The Bertz CT molecular complexity index is 680. The number of fused-ring (bicyclic) bond motifs is 2. The van der Waals surface area contributed by atoms with Crippen LogP contribution in [0.5, 0.6) is 11.5 Å². The zero-order valence-electron chi connectivity index (χ0n) is 12.3. The third-order valence-electron chi connectivity index (χ3n) is 3.64. The number of para-hydroxylation sites is 1. The topological polar surface area (TPSA) is 49.4 Å². The number of hydrogen-bond acceptors (Lipinski definition) is 3. The van der Waals surface area contributed by atoms with Crippen LogP contribution < -0.4 is 39.4 Å². The quantitative estimate of drug-likeness (QED) is 0.623.